The van der Waals surface area contributed by atoms with Crippen LogP contribution in [-0.2, 0) is 0 Å². The van der Waals surface area contributed by atoms with Crippen LogP contribution in [0.2, 0.25) is 0 Å². The van der Waals surface area contributed by atoms with Crippen LogP contribution in [0, 0.1) is 233 Å². The van der Waals surface area contributed by atoms with Gasteiger partial charge in [-0.3, -0.25) is 7.32 Å². The number of rotatable bonds is 4. The summed E-state index contributed by atoms with van der Waals surface area (Å²) in [4.78, 5) is 0. The number of hydrogen-bond acceptors (Lipinski definition) is 3. The zero-order valence-electron chi connectivity index (χ0n) is 43.9. The van der Waals surface area contributed by atoms with Gasteiger partial charge in [-0.2, -0.15) is 0 Å². The van der Waals surface area contributed by atoms with Gasteiger partial charge in [0.05, 0.1) is 44.5 Å². The fourth-order valence-electron chi connectivity index (χ4n) is 6.60. The minimum absolute atomic E-state index is 0. The smallest absolute Gasteiger partial charge is 0.907 e. The molecule has 0 aromatic heterocycles. The van der Waals surface area contributed by atoms with Crippen LogP contribution in [0.15, 0.2) is 0 Å². The quantitative estimate of drug-likeness (QED) is 0.0936. The summed E-state index contributed by atoms with van der Waals surface area (Å²) < 4.78 is 525. The molecule has 8 rings (SSSR count). The van der Waals surface area contributed by atoms with Crippen molar-refractivity contribution in [1.82, 2.24) is 0 Å². The molecule has 0 aliphatic carbocycles. The van der Waals surface area contributed by atoms with Crippen LogP contribution in [0.1, 0.15) is 0 Å². The molecule has 0 fully saturated rings. The van der Waals surface area contributed by atoms with Crippen LogP contribution in [0.4, 0.5) is 176 Å². The predicted molar refractivity (Wildman–Crippen MR) is 212 cm³/mol. The Balaban J connectivity index is 0.000000614. The fraction of sp³-hybridized carbons (Fsp3) is 0. The van der Waals surface area contributed by atoms with Crippen LogP contribution in [-0.4, -0.2) is 7.32 Å². The summed E-state index contributed by atoms with van der Waals surface area (Å²) in [7, 11) is -2.92. The Morgan fingerprint density at radius 2 is 0.137 bits per heavy atom. The van der Waals surface area contributed by atoms with E-state index in [4.69, 9.17) is 15.1 Å². The van der Waals surface area contributed by atoms with E-state index in [9.17, 15) is 176 Å². The normalized spacial score (nSPS) is 10.6. The van der Waals surface area contributed by atoms with E-state index in [1.165, 1.54) is 0 Å². The average Bonchev–Trinajstić information content (AvgIpc) is 0.775. The standard InChI is InChI=1S/4C12F10.BO3.3Li/c4*13-3-1(4(14)8(18)11(21)7(3)17)2-5(15)9(19)12(22)10(20)6(2)16;2-1(3)4;;;/q;;;;-3;3*+1. The molecule has 0 atom stereocenters. The monoisotopic (exact) mass is 1420 g/mol. The summed E-state index contributed by atoms with van der Waals surface area (Å²) in [5.41, 5.74) is -18.1. The molecule has 0 aliphatic rings. The number of halogens is 40. The minimum Gasteiger partial charge on any atom is -0.907 e. The molecule has 0 bridgehead atoms. The molecule has 8 aromatic carbocycles. The van der Waals surface area contributed by atoms with Crippen LogP contribution in [0.5, 0.6) is 0 Å². The summed E-state index contributed by atoms with van der Waals surface area (Å²) in [6.07, 6.45) is 0. The first-order chi connectivity index (χ1) is 42.2. The first kappa shape index (κ1) is 85.7. The summed E-state index contributed by atoms with van der Waals surface area (Å²) in [6.45, 7) is 0. The molecule has 0 N–H and O–H groups in total. The Hall–Kier alpha value is -7.30. The summed E-state index contributed by atoms with van der Waals surface area (Å²) >= 11 is 0. The van der Waals surface area contributed by atoms with Crippen molar-refractivity contribution >= 4 is 7.32 Å². The van der Waals surface area contributed by atoms with Crippen molar-refractivity contribution in [2.75, 3.05) is 0 Å². The Bertz CT molecular complexity index is 3320. The third kappa shape index (κ3) is 15.4. The number of benzene rings is 8. The molecular weight excluding hydrogens is 1420 g/mol. The van der Waals surface area contributed by atoms with Crippen LogP contribution in [0.3, 0.4) is 0 Å². The zero-order valence-corrected chi connectivity index (χ0v) is 43.9. The molecule has 0 radical (unpaired) electrons. The van der Waals surface area contributed by atoms with Gasteiger partial charge in [0, 0.05) is 0 Å². The maximum atomic E-state index is 13.4. The van der Waals surface area contributed by atoms with Gasteiger partial charge < -0.3 is 15.1 Å². The molecule has 496 valence electrons. The van der Waals surface area contributed by atoms with Crippen molar-refractivity contribution < 1.29 is 247 Å². The van der Waals surface area contributed by atoms with E-state index < -0.39 is 285 Å². The van der Waals surface area contributed by atoms with Gasteiger partial charge >= 0.3 is 56.6 Å². The Morgan fingerprint density at radius 3 is 0.179 bits per heavy atom. The van der Waals surface area contributed by atoms with Gasteiger partial charge in [0.15, 0.2) is 186 Å². The van der Waals surface area contributed by atoms with Crippen molar-refractivity contribution in [2.24, 2.45) is 0 Å². The second-order valence-corrected chi connectivity index (χ2v) is 15.8. The molecule has 0 amide bonds. The van der Waals surface area contributed by atoms with Gasteiger partial charge in [0.25, 0.3) is 0 Å². The van der Waals surface area contributed by atoms with Gasteiger partial charge in [-0.1, -0.05) is 0 Å². The molecule has 0 aliphatic heterocycles. The molecule has 0 unspecified atom stereocenters. The first-order valence-electron chi connectivity index (χ1n) is 21.3. The van der Waals surface area contributed by atoms with E-state index in [0.717, 1.165) is 0 Å². The van der Waals surface area contributed by atoms with Crippen molar-refractivity contribution in [2.45, 2.75) is 0 Å². The Labute approximate surface area is 530 Å². The number of hydrogen-bond donors (Lipinski definition) is 0. The van der Waals surface area contributed by atoms with Crippen molar-refractivity contribution in [3.05, 3.63) is 233 Å². The average molecular weight is 1420 g/mol. The van der Waals surface area contributed by atoms with Gasteiger partial charge in [0.2, 0.25) is 46.5 Å². The second-order valence-electron chi connectivity index (χ2n) is 15.8. The van der Waals surface area contributed by atoms with Gasteiger partial charge in [0.1, 0.15) is 0 Å². The minimum atomic E-state index is -2.92. The molecule has 95 heavy (non-hydrogen) atoms. The van der Waals surface area contributed by atoms with E-state index in [1.54, 1.807) is 0 Å². The molecular formula is C48BF40Li3O3. The SMILES string of the molecule is Fc1c(F)c(F)c(-c2c(F)c(F)c(F)c(F)c2F)c(F)c1F.Fc1c(F)c(F)c(-c2c(F)c(F)c(F)c(F)c2F)c(F)c1F.Fc1c(F)c(F)c(-c2c(F)c(F)c(F)c(F)c2F)c(F)c1F.Fc1c(F)c(F)c(-c2c(F)c(F)c(F)c(F)c2F)c(F)c1F.[Li+].[Li+].[Li+].[O-]B([O-])[O-]. The van der Waals surface area contributed by atoms with E-state index in [2.05, 4.69) is 0 Å². The second kappa shape index (κ2) is 32.6. The fourth-order valence-corrected chi connectivity index (χ4v) is 6.60. The topological polar surface area (TPSA) is 69.2 Å². The molecule has 0 heterocycles. The van der Waals surface area contributed by atoms with Gasteiger partial charge in [-0.25, -0.2) is 176 Å². The first-order valence-corrected chi connectivity index (χ1v) is 21.3. The Morgan fingerprint density at radius 1 is 0.105 bits per heavy atom. The van der Waals surface area contributed by atoms with Crippen molar-refractivity contribution in [1.29, 1.82) is 0 Å². The van der Waals surface area contributed by atoms with E-state index in [1.807, 2.05) is 0 Å². The van der Waals surface area contributed by atoms with Crippen LogP contribution in [0.25, 0.3) is 44.5 Å². The molecule has 0 saturated heterocycles. The summed E-state index contributed by atoms with van der Waals surface area (Å²) in [6, 6.07) is 0. The van der Waals surface area contributed by atoms with Crippen LogP contribution >= 0.6 is 0 Å². The van der Waals surface area contributed by atoms with Gasteiger partial charge in [-0.15, -0.1) is 0 Å². The maximum Gasteiger partial charge on any atom is 1.00 e. The van der Waals surface area contributed by atoms with Gasteiger partial charge in [-0.05, 0) is 0 Å². The Kier molecular flexibility index (Phi) is 29.4. The van der Waals surface area contributed by atoms with Crippen molar-refractivity contribution in [3.8, 4) is 44.5 Å². The molecule has 0 spiro atoms. The van der Waals surface area contributed by atoms with E-state index >= 15 is 0 Å². The predicted octanol–water partition coefficient (Wildman–Crippen LogP) is 6.04. The largest absolute Gasteiger partial charge is 1.00 e. The third-order valence-electron chi connectivity index (χ3n) is 10.7. The molecule has 3 nitrogen and oxygen atoms in total. The summed E-state index contributed by atoms with van der Waals surface area (Å²) in [5.74, 6) is -107. The molecule has 47 heteroatoms. The zero-order chi connectivity index (χ0) is 71.3. The van der Waals surface area contributed by atoms with Crippen LogP contribution < -0.4 is 71.7 Å². The third-order valence-corrected chi connectivity index (χ3v) is 10.7. The van der Waals surface area contributed by atoms with E-state index in [0.29, 0.717) is 0 Å². The van der Waals surface area contributed by atoms with Crippen molar-refractivity contribution in [3.63, 3.8) is 0 Å². The summed E-state index contributed by atoms with van der Waals surface area (Å²) in [5, 5.41) is 25.2. The molecule has 0 saturated carbocycles. The molecule has 8 aromatic rings. The maximum absolute atomic E-state index is 13.4. The van der Waals surface area contributed by atoms with E-state index in [-0.39, 0.29) is 56.6 Å².